The molecule has 0 spiro atoms. The van der Waals surface area contributed by atoms with E-state index in [1.54, 1.807) is 6.20 Å². The van der Waals surface area contributed by atoms with Crippen molar-refractivity contribution in [1.29, 1.82) is 5.26 Å². The molecule has 0 N–H and O–H groups in total. The van der Waals surface area contributed by atoms with E-state index in [1.807, 2.05) is 12.1 Å². The first-order valence-electron chi connectivity index (χ1n) is 8.45. The quantitative estimate of drug-likeness (QED) is 0.856. The number of aromatic nitrogens is 3. The van der Waals surface area contributed by atoms with Crippen molar-refractivity contribution in [3.63, 3.8) is 0 Å². The number of rotatable bonds is 2. The van der Waals surface area contributed by atoms with Gasteiger partial charge in [-0.25, -0.2) is 9.97 Å². The van der Waals surface area contributed by atoms with Crippen LogP contribution < -0.4 is 4.90 Å². The Labute approximate surface area is 136 Å². The normalized spacial score (nSPS) is 20.3. The highest BCUT2D eigenvalue weighted by Gasteiger charge is 2.33. The Morgan fingerprint density at radius 2 is 2.13 bits per heavy atom. The van der Waals surface area contributed by atoms with Crippen molar-refractivity contribution in [1.82, 2.24) is 14.5 Å². The van der Waals surface area contributed by atoms with Crippen LogP contribution in [0.15, 0.2) is 18.3 Å². The molecule has 1 aliphatic heterocycles. The minimum Gasteiger partial charge on any atom is -0.345 e. The summed E-state index contributed by atoms with van der Waals surface area (Å²) in [6, 6.07) is 6.18. The van der Waals surface area contributed by atoms with Gasteiger partial charge in [0.2, 0.25) is 0 Å². The number of hydrogen-bond donors (Lipinski definition) is 0. The average molecular weight is 307 g/mol. The lowest BCUT2D eigenvalue weighted by Gasteiger charge is -2.26. The third kappa shape index (κ3) is 2.29. The third-order valence-corrected chi connectivity index (χ3v) is 5.14. The molecule has 23 heavy (non-hydrogen) atoms. The molecule has 0 aromatic carbocycles. The molecular weight excluding hydrogens is 286 g/mol. The minimum atomic E-state index is 0.229. The van der Waals surface area contributed by atoms with Gasteiger partial charge in [-0.15, -0.1) is 0 Å². The van der Waals surface area contributed by atoms with Crippen LogP contribution in [0.25, 0.3) is 0 Å². The fourth-order valence-electron chi connectivity index (χ4n) is 4.01. The number of fused-ring (bicyclic) bond motifs is 1. The number of pyridine rings is 1. The van der Waals surface area contributed by atoms with E-state index in [2.05, 4.69) is 27.6 Å². The standard InChI is InChI=1S/C18H21N5/c1-22-15-8-3-2-7-14(15)21-18(22)16-9-5-11-23(16)17-13(12-19)6-4-10-20-17/h4,6,10,16H,2-3,5,7-9,11H2,1H3/t16-/m0/s1. The molecule has 2 aromatic rings. The predicted octanol–water partition coefficient (Wildman–Crippen LogP) is 2.91. The highest BCUT2D eigenvalue weighted by atomic mass is 15.3. The second-order valence-corrected chi connectivity index (χ2v) is 6.47. The summed E-state index contributed by atoms with van der Waals surface area (Å²) >= 11 is 0. The lowest BCUT2D eigenvalue weighted by Crippen LogP contribution is -2.26. The van der Waals surface area contributed by atoms with Gasteiger partial charge in [0.05, 0.1) is 17.3 Å². The average Bonchev–Trinajstić information content (AvgIpc) is 3.20. The van der Waals surface area contributed by atoms with E-state index in [0.29, 0.717) is 5.56 Å². The van der Waals surface area contributed by atoms with Gasteiger partial charge in [0.15, 0.2) is 0 Å². The molecule has 0 bridgehead atoms. The van der Waals surface area contributed by atoms with Crippen molar-refractivity contribution in [3.8, 4) is 6.07 Å². The molecule has 1 saturated heterocycles. The summed E-state index contributed by atoms with van der Waals surface area (Å²) in [5.74, 6) is 1.95. The van der Waals surface area contributed by atoms with Crippen LogP contribution in [0.1, 0.15) is 54.5 Å². The summed E-state index contributed by atoms with van der Waals surface area (Å²) in [5.41, 5.74) is 3.33. The molecule has 1 fully saturated rings. The van der Waals surface area contributed by atoms with Gasteiger partial charge in [-0.1, -0.05) is 0 Å². The molecule has 0 unspecified atom stereocenters. The molecule has 1 atom stereocenters. The van der Waals surface area contributed by atoms with Crippen molar-refractivity contribution in [2.75, 3.05) is 11.4 Å². The largest absolute Gasteiger partial charge is 0.345 e. The Morgan fingerprint density at radius 1 is 1.26 bits per heavy atom. The monoisotopic (exact) mass is 307 g/mol. The molecule has 0 amide bonds. The number of nitriles is 1. The lowest BCUT2D eigenvalue weighted by molar-refractivity contribution is 0.607. The first-order valence-corrected chi connectivity index (χ1v) is 8.45. The summed E-state index contributed by atoms with van der Waals surface area (Å²) in [7, 11) is 2.15. The highest BCUT2D eigenvalue weighted by molar-refractivity contribution is 5.55. The van der Waals surface area contributed by atoms with Crippen molar-refractivity contribution in [2.45, 2.75) is 44.6 Å². The Kier molecular flexibility index (Phi) is 3.53. The summed E-state index contributed by atoms with van der Waals surface area (Å²) in [5, 5.41) is 9.39. The molecule has 2 aliphatic rings. The van der Waals surface area contributed by atoms with Gasteiger partial charge in [-0.3, -0.25) is 0 Å². The van der Waals surface area contributed by atoms with Gasteiger partial charge < -0.3 is 9.47 Å². The van der Waals surface area contributed by atoms with E-state index in [0.717, 1.165) is 43.9 Å². The highest BCUT2D eigenvalue weighted by Crippen LogP contribution is 2.37. The molecule has 4 rings (SSSR count). The van der Waals surface area contributed by atoms with Crippen molar-refractivity contribution < 1.29 is 0 Å². The van der Waals surface area contributed by atoms with Crippen LogP contribution in [0.4, 0.5) is 5.82 Å². The summed E-state index contributed by atoms with van der Waals surface area (Å²) in [6.07, 6.45) is 8.71. The molecule has 0 radical (unpaired) electrons. The summed E-state index contributed by atoms with van der Waals surface area (Å²) in [4.78, 5) is 11.7. The Hall–Kier alpha value is -2.35. The first-order chi connectivity index (χ1) is 11.3. The van der Waals surface area contributed by atoms with Crippen LogP contribution >= 0.6 is 0 Å². The topological polar surface area (TPSA) is 57.7 Å². The van der Waals surface area contributed by atoms with Crippen LogP contribution in [-0.4, -0.2) is 21.1 Å². The second-order valence-electron chi connectivity index (χ2n) is 6.47. The summed E-state index contributed by atoms with van der Waals surface area (Å²) < 4.78 is 2.30. The van der Waals surface area contributed by atoms with Crippen molar-refractivity contribution in [2.24, 2.45) is 7.05 Å². The van der Waals surface area contributed by atoms with Gasteiger partial charge in [0.25, 0.3) is 0 Å². The van der Waals surface area contributed by atoms with Crippen LogP contribution in [0.3, 0.4) is 0 Å². The van der Waals surface area contributed by atoms with Gasteiger partial charge in [0.1, 0.15) is 17.7 Å². The smallest absolute Gasteiger partial charge is 0.147 e. The maximum Gasteiger partial charge on any atom is 0.147 e. The second kappa shape index (κ2) is 5.69. The van der Waals surface area contributed by atoms with Gasteiger partial charge in [0, 0.05) is 25.5 Å². The summed E-state index contributed by atoms with van der Waals surface area (Å²) in [6.45, 7) is 0.938. The molecular formula is C18H21N5. The molecule has 0 saturated carbocycles. The molecule has 118 valence electrons. The first kappa shape index (κ1) is 14.3. The number of hydrogen-bond acceptors (Lipinski definition) is 4. The van der Waals surface area contributed by atoms with Gasteiger partial charge in [-0.2, -0.15) is 5.26 Å². The maximum absolute atomic E-state index is 9.39. The van der Waals surface area contributed by atoms with E-state index in [-0.39, 0.29) is 6.04 Å². The van der Waals surface area contributed by atoms with E-state index in [9.17, 15) is 5.26 Å². The number of nitrogens with zero attached hydrogens (tertiary/aromatic N) is 5. The zero-order valence-corrected chi connectivity index (χ0v) is 13.5. The number of anilines is 1. The van der Waals surface area contributed by atoms with Crippen molar-refractivity contribution in [3.05, 3.63) is 41.1 Å². The zero-order chi connectivity index (χ0) is 15.8. The Balaban J connectivity index is 1.74. The number of aryl methyl sites for hydroxylation is 1. The van der Waals surface area contributed by atoms with Crippen LogP contribution in [0.2, 0.25) is 0 Å². The fourth-order valence-corrected chi connectivity index (χ4v) is 4.01. The molecule has 3 heterocycles. The van der Waals surface area contributed by atoms with Crippen LogP contribution in [0.5, 0.6) is 0 Å². The van der Waals surface area contributed by atoms with Gasteiger partial charge >= 0.3 is 0 Å². The Bertz CT molecular complexity index is 770. The SMILES string of the molecule is Cn1c([C@@H]2CCCN2c2ncccc2C#N)nc2c1CCCC2. The van der Waals surface area contributed by atoms with Crippen LogP contribution in [0, 0.1) is 11.3 Å². The van der Waals surface area contributed by atoms with E-state index < -0.39 is 0 Å². The predicted molar refractivity (Wildman–Crippen MR) is 88.1 cm³/mol. The Morgan fingerprint density at radius 3 is 2.96 bits per heavy atom. The molecule has 5 heteroatoms. The van der Waals surface area contributed by atoms with E-state index in [1.165, 1.54) is 24.2 Å². The zero-order valence-electron chi connectivity index (χ0n) is 13.5. The fraction of sp³-hybridized carbons (Fsp3) is 0.500. The molecule has 2 aromatic heterocycles. The third-order valence-electron chi connectivity index (χ3n) is 5.14. The van der Waals surface area contributed by atoms with E-state index >= 15 is 0 Å². The molecule has 1 aliphatic carbocycles. The lowest BCUT2D eigenvalue weighted by atomic mass is 10.0. The van der Waals surface area contributed by atoms with Crippen molar-refractivity contribution >= 4 is 5.82 Å². The minimum absolute atomic E-state index is 0.229. The maximum atomic E-state index is 9.39. The van der Waals surface area contributed by atoms with Gasteiger partial charge in [-0.05, 0) is 50.7 Å². The van der Waals surface area contributed by atoms with E-state index in [4.69, 9.17) is 4.98 Å². The van der Waals surface area contributed by atoms with Crippen LogP contribution in [-0.2, 0) is 19.9 Å². The molecule has 5 nitrogen and oxygen atoms in total. The number of imidazole rings is 1.